The third-order valence-electron chi connectivity index (χ3n) is 1.61. The summed E-state index contributed by atoms with van der Waals surface area (Å²) in [7, 11) is 0. The number of carbonyl (C=O) groups is 1. The first-order chi connectivity index (χ1) is 4.36. The highest BCUT2D eigenvalue weighted by Crippen LogP contribution is 2.19. The normalized spacial score (nSPS) is 16.2. The van der Waals surface area contributed by atoms with Gasteiger partial charge >= 0.3 is 0 Å². The van der Waals surface area contributed by atoms with Gasteiger partial charge in [-0.2, -0.15) is 0 Å². The van der Waals surface area contributed by atoms with Crippen LogP contribution in [0.4, 0.5) is 0 Å². The molecule has 2 rings (SSSR count). The molecular formula is C7H6O2. The number of rotatable bonds is 0. The van der Waals surface area contributed by atoms with Gasteiger partial charge in [0.25, 0.3) is 0 Å². The molecule has 0 amide bonds. The summed E-state index contributed by atoms with van der Waals surface area (Å²) >= 11 is 0. The number of hydrogen-bond donors (Lipinski definition) is 0. The maximum Gasteiger partial charge on any atom is 0.141 e. The van der Waals surface area contributed by atoms with Gasteiger partial charge in [-0.25, -0.2) is 0 Å². The highest BCUT2D eigenvalue weighted by atomic mass is 16.3. The van der Waals surface area contributed by atoms with Crippen LogP contribution in [-0.4, -0.2) is 5.78 Å². The number of carbonyl (C=O) groups excluding carboxylic acids is 1. The molecule has 0 fully saturated rings. The summed E-state index contributed by atoms with van der Waals surface area (Å²) in [6, 6.07) is 0. The van der Waals surface area contributed by atoms with E-state index in [0.29, 0.717) is 18.6 Å². The van der Waals surface area contributed by atoms with Crippen LogP contribution in [0.1, 0.15) is 11.1 Å². The van der Waals surface area contributed by atoms with Gasteiger partial charge in [0, 0.05) is 24.0 Å². The standard InChI is InChI=1S/C7H6O2/c8-7-1-5-3-9-4-6(5)2-7/h3-4H,1-2H2. The van der Waals surface area contributed by atoms with Gasteiger partial charge in [-0.3, -0.25) is 4.79 Å². The Balaban J connectivity index is 2.49. The molecule has 0 N–H and O–H groups in total. The van der Waals surface area contributed by atoms with Crippen molar-refractivity contribution in [1.29, 1.82) is 0 Å². The van der Waals surface area contributed by atoms with Crippen molar-refractivity contribution in [2.45, 2.75) is 12.8 Å². The van der Waals surface area contributed by atoms with Gasteiger partial charge in [-0.1, -0.05) is 0 Å². The molecule has 1 aromatic heterocycles. The minimum Gasteiger partial charge on any atom is -0.472 e. The van der Waals surface area contributed by atoms with Gasteiger partial charge in [0.05, 0.1) is 12.5 Å². The van der Waals surface area contributed by atoms with Crippen LogP contribution in [-0.2, 0) is 17.6 Å². The fraction of sp³-hybridized carbons (Fsp3) is 0.286. The molecule has 0 spiro atoms. The fourth-order valence-corrected chi connectivity index (χ4v) is 1.15. The highest BCUT2D eigenvalue weighted by molar-refractivity contribution is 5.87. The lowest BCUT2D eigenvalue weighted by Crippen LogP contribution is -1.93. The summed E-state index contributed by atoms with van der Waals surface area (Å²) in [6.45, 7) is 0. The Hall–Kier alpha value is -1.05. The third-order valence-corrected chi connectivity index (χ3v) is 1.61. The topological polar surface area (TPSA) is 30.2 Å². The van der Waals surface area contributed by atoms with E-state index in [1.54, 1.807) is 12.5 Å². The monoisotopic (exact) mass is 122 g/mol. The molecule has 0 saturated heterocycles. The average Bonchev–Trinajstić information content (AvgIpc) is 2.22. The third kappa shape index (κ3) is 0.593. The average molecular weight is 122 g/mol. The first-order valence-electron chi connectivity index (χ1n) is 2.92. The van der Waals surface area contributed by atoms with Gasteiger partial charge in [0.2, 0.25) is 0 Å². The van der Waals surface area contributed by atoms with Gasteiger partial charge in [-0.05, 0) is 0 Å². The van der Waals surface area contributed by atoms with Crippen molar-refractivity contribution >= 4 is 5.78 Å². The molecule has 2 heteroatoms. The zero-order valence-corrected chi connectivity index (χ0v) is 4.89. The molecule has 0 radical (unpaired) electrons. The van der Waals surface area contributed by atoms with Crippen molar-refractivity contribution < 1.29 is 9.21 Å². The first kappa shape index (κ1) is 4.79. The minimum absolute atomic E-state index is 0.302. The molecule has 0 unspecified atom stereocenters. The largest absolute Gasteiger partial charge is 0.472 e. The van der Waals surface area contributed by atoms with E-state index in [-0.39, 0.29) is 0 Å². The van der Waals surface area contributed by atoms with E-state index >= 15 is 0 Å². The van der Waals surface area contributed by atoms with Crippen LogP contribution < -0.4 is 0 Å². The molecule has 1 aromatic rings. The summed E-state index contributed by atoms with van der Waals surface area (Å²) in [4.78, 5) is 10.7. The predicted octanol–water partition coefficient (Wildman–Crippen LogP) is 0.947. The highest BCUT2D eigenvalue weighted by Gasteiger charge is 2.19. The number of ketones is 1. The molecule has 1 aliphatic carbocycles. The van der Waals surface area contributed by atoms with Gasteiger partial charge in [0.1, 0.15) is 5.78 Å². The van der Waals surface area contributed by atoms with Crippen molar-refractivity contribution in [2.24, 2.45) is 0 Å². The van der Waals surface area contributed by atoms with E-state index in [1.807, 2.05) is 0 Å². The molecule has 1 aliphatic rings. The Labute approximate surface area is 52.5 Å². The lowest BCUT2D eigenvalue weighted by atomic mass is 10.2. The SMILES string of the molecule is O=C1Cc2cocc2C1. The van der Waals surface area contributed by atoms with Crippen LogP contribution in [0.3, 0.4) is 0 Å². The van der Waals surface area contributed by atoms with E-state index in [0.717, 1.165) is 11.1 Å². The zero-order chi connectivity index (χ0) is 6.27. The fourth-order valence-electron chi connectivity index (χ4n) is 1.15. The van der Waals surface area contributed by atoms with Crippen LogP contribution in [0, 0.1) is 0 Å². The summed E-state index contributed by atoms with van der Waals surface area (Å²) in [5, 5.41) is 0. The van der Waals surface area contributed by atoms with E-state index in [2.05, 4.69) is 0 Å². The van der Waals surface area contributed by atoms with Crippen LogP contribution in [0.25, 0.3) is 0 Å². The smallest absolute Gasteiger partial charge is 0.141 e. The molecule has 0 aliphatic heterocycles. The number of hydrogen-bond acceptors (Lipinski definition) is 2. The van der Waals surface area contributed by atoms with Gasteiger partial charge in [0.15, 0.2) is 0 Å². The number of furan rings is 1. The van der Waals surface area contributed by atoms with Crippen LogP contribution in [0.2, 0.25) is 0 Å². The molecule has 0 saturated carbocycles. The Morgan fingerprint density at radius 1 is 1.22 bits per heavy atom. The molecule has 1 heterocycles. The number of fused-ring (bicyclic) bond motifs is 1. The number of Topliss-reactive ketones (excluding diaryl/α,β-unsaturated/α-hetero) is 1. The molecule has 0 bridgehead atoms. The minimum atomic E-state index is 0.302. The summed E-state index contributed by atoms with van der Waals surface area (Å²) in [5.41, 5.74) is 2.14. The van der Waals surface area contributed by atoms with Crippen molar-refractivity contribution in [3.05, 3.63) is 23.7 Å². The van der Waals surface area contributed by atoms with Gasteiger partial charge < -0.3 is 4.42 Å². The summed E-state index contributed by atoms with van der Waals surface area (Å²) in [6.07, 6.45) is 4.46. The Bertz CT molecular complexity index is 225. The molecule has 9 heavy (non-hydrogen) atoms. The van der Waals surface area contributed by atoms with Crippen LogP contribution in [0.15, 0.2) is 16.9 Å². The van der Waals surface area contributed by atoms with Crippen molar-refractivity contribution in [3.63, 3.8) is 0 Å². The zero-order valence-electron chi connectivity index (χ0n) is 4.89. The second-order valence-corrected chi connectivity index (χ2v) is 2.31. The molecule has 0 atom stereocenters. The molecular weight excluding hydrogens is 116 g/mol. The lowest BCUT2D eigenvalue weighted by molar-refractivity contribution is -0.117. The summed E-state index contributed by atoms with van der Waals surface area (Å²) < 4.78 is 4.88. The van der Waals surface area contributed by atoms with Crippen molar-refractivity contribution in [3.8, 4) is 0 Å². The Kier molecular flexibility index (Phi) is 0.781. The molecule has 0 aromatic carbocycles. The first-order valence-corrected chi connectivity index (χ1v) is 2.92. The van der Waals surface area contributed by atoms with Crippen LogP contribution >= 0.6 is 0 Å². The Morgan fingerprint density at radius 2 is 1.78 bits per heavy atom. The second-order valence-electron chi connectivity index (χ2n) is 2.31. The lowest BCUT2D eigenvalue weighted by Gasteiger charge is -1.78. The van der Waals surface area contributed by atoms with Crippen molar-refractivity contribution in [2.75, 3.05) is 0 Å². The van der Waals surface area contributed by atoms with E-state index in [1.165, 1.54) is 0 Å². The summed E-state index contributed by atoms with van der Waals surface area (Å²) in [5.74, 6) is 0.302. The molecule has 46 valence electrons. The second kappa shape index (κ2) is 1.47. The Morgan fingerprint density at radius 3 is 2.33 bits per heavy atom. The quantitative estimate of drug-likeness (QED) is 0.512. The van der Waals surface area contributed by atoms with Gasteiger partial charge in [-0.15, -0.1) is 0 Å². The van der Waals surface area contributed by atoms with Crippen LogP contribution in [0.5, 0.6) is 0 Å². The van der Waals surface area contributed by atoms with E-state index in [9.17, 15) is 4.79 Å². The predicted molar refractivity (Wildman–Crippen MR) is 31.1 cm³/mol. The maximum atomic E-state index is 10.7. The molecule has 2 nitrogen and oxygen atoms in total. The maximum absolute atomic E-state index is 10.7. The van der Waals surface area contributed by atoms with Crippen molar-refractivity contribution in [1.82, 2.24) is 0 Å². The van der Waals surface area contributed by atoms with E-state index in [4.69, 9.17) is 4.42 Å². The van der Waals surface area contributed by atoms with E-state index < -0.39 is 0 Å².